The molecular weight excluding hydrogens is 220 g/mol. The molecule has 0 aromatic rings. The van der Waals surface area contributed by atoms with Crippen molar-refractivity contribution < 1.29 is 18.9 Å². The maximum Gasteiger partial charge on any atom is 0.321 e. The summed E-state index contributed by atoms with van der Waals surface area (Å²) in [6, 6.07) is 0. The van der Waals surface area contributed by atoms with Crippen LogP contribution in [0.1, 0.15) is 47.0 Å². The lowest BCUT2D eigenvalue weighted by molar-refractivity contribution is -0.0814. The first-order chi connectivity index (χ1) is 8.29. The third-order valence-corrected chi connectivity index (χ3v) is 1.92. The van der Waals surface area contributed by atoms with Crippen molar-refractivity contribution in [3.05, 3.63) is 11.7 Å². The molecule has 0 radical (unpaired) electrons. The van der Waals surface area contributed by atoms with Gasteiger partial charge in [0.05, 0.1) is 19.8 Å². The van der Waals surface area contributed by atoms with Crippen LogP contribution in [0.2, 0.25) is 0 Å². The van der Waals surface area contributed by atoms with Gasteiger partial charge in [0.2, 0.25) is 0 Å². The summed E-state index contributed by atoms with van der Waals surface area (Å²) in [5.41, 5.74) is 0. The van der Waals surface area contributed by atoms with Crippen molar-refractivity contribution in [2.75, 3.05) is 26.6 Å². The molecule has 4 nitrogen and oxygen atoms in total. The first-order valence-corrected chi connectivity index (χ1v) is 6.49. The molecule has 0 rings (SSSR count). The van der Waals surface area contributed by atoms with E-state index in [4.69, 9.17) is 18.9 Å². The second-order valence-electron chi connectivity index (χ2n) is 3.50. The Kier molecular flexibility index (Phi) is 11.0. The molecule has 0 aromatic heterocycles. The van der Waals surface area contributed by atoms with Crippen LogP contribution in [0.15, 0.2) is 11.7 Å². The van der Waals surface area contributed by atoms with Crippen molar-refractivity contribution in [1.29, 1.82) is 0 Å². The second kappa shape index (κ2) is 11.6. The molecule has 0 saturated carbocycles. The summed E-state index contributed by atoms with van der Waals surface area (Å²) in [5.74, 6) is 1.24. The molecule has 0 fully saturated rings. The minimum atomic E-state index is 0.212. The lowest BCUT2D eigenvalue weighted by Crippen LogP contribution is -2.08. The predicted octanol–water partition coefficient (Wildman–Crippen LogP) is 3.43. The Morgan fingerprint density at radius 1 is 0.824 bits per heavy atom. The lowest BCUT2D eigenvalue weighted by Gasteiger charge is -2.15. The Hall–Kier alpha value is -0.900. The monoisotopic (exact) mass is 246 g/mol. The smallest absolute Gasteiger partial charge is 0.321 e. The summed E-state index contributed by atoms with van der Waals surface area (Å²) in [7, 11) is 0. The highest BCUT2D eigenvalue weighted by molar-refractivity contribution is 4.94. The van der Waals surface area contributed by atoms with Gasteiger partial charge in [0.15, 0.2) is 12.6 Å². The van der Waals surface area contributed by atoms with Gasteiger partial charge in [0, 0.05) is 6.42 Å². The molecule has 0 bridgehead atoms. The van der Waals surface area contributed by atoms with E-state index in [1.807, 2.05) is 13.8 Å². The molecule has 0 atom stereocenters. The summed E-state index contributed by atoms with van der Waals surface area (Å²) in [6.07, 6.45) is 2.78. The van der Waals surface area contributed by atoms with Crippen LogP contribution < -0.4 is 0 Å². The van der Waals surface area contributed by atoms with Crippen molar-refractivity contribution in [2.45, 2.75) is 47.0 Å². The van der Waals surface area contributed by atoms with E-state index in [-0.39, 0.29) is 6.79 Å². The Bertz CT molecular complexity index is 194. The first kappa shape index (κ1) is 16.1. The molecule has 0 aromatic carbocycles. The molecule has 0 N–H and O–H groups in total. The van der Waals surface area contributed by atoms with Gasteiger partial charge in [-0.15, -0.1) is 0 Å². The first-order valence-electron chi connectivity index (χ1n) is 6.49. The van der Waals surface area contributed by atoms with Crippen molar-refractivity contribution >= 4 is 0 Å². The summed E-state index contributed by atoms with van der Waals surface area (Å²) in [4.78, 5) is 0. The molecular formula is C13H26O4. The van der Waals surface area contributed by atoms with Crippen LogP contribution in [-0.2, 0) is 18.9 Å². The fraction of sp³-hybridized carbons (Fsp3) is 0.846. The van der Waals surface area contributed by atoms with Gasteiger partial charge in [0.1, 0.15) is 0 Å². The minimum absolute atomic E-state index is 0.212. The molecule has 0 unspecified atom stereocenters. The fourth-order valence-electron chi connectivity index (χ4n) is 1.27. The van der Waals surface area contributed by atoms with E-state index < -0.39 is 0 Å². The van der Waals surface area contributed by atoms with Crippen molar-refractivity contribution in [3.8, 4) is 0 Å². The summed E-state index contributed by atoms with van der Waals surface area (Å²) >= 11 is 0. The van der Waals surface area contributed by atoms with Crippen LogP contribution >= 0.6 is 0 Å². The van der Waals surface area contributed by atoms with E-state index in [1.54, 1.807) is 0 Å². The Morgan fingerprint density at radius 2 is 1.53 bits per heavy atom. The quantitative estimate of drug-likeness (QED) is 0.318. The fourth-order valence-corrected chi connectivity index (χ4v) is 1.27. The van der Waals surface area contributed by atoms with Gasteiger partial charge < -0.3 is 18.9 Å². The highest BCUT2D eigenvalue weighted by Gasteiger charge is 2.10. The Balaban J connectivity index is 4.33. The van der Waals surface area contributed by atoms with Crippen LogP contribution in [0.25, 0.3) is 0 Å². The van der Waals surface area contributed by atoms with Gasteiger partial charge in [-0.25, -0.2) is 0 Å². The topological polar surface area (TPSA) is 36.9 Å². The lowest BCUT2D eigenvalue weighted by atomic mass is 10.3. The molecule has 0 aliphatic carbocycles. The largest absolute Gasteiger partial charge is 0.491 e. The van der Waals surface area contributed by atoms with Crippen LogP contribution in [-0.4, -0.2) is 26.6 Å². The van der Waals surface area contributed by atoms with E-state index in [1.165, 1.54) is 0 Å². The summed E-state index contributed by atoms with van der Waals surface area (Å²) in [5, 5.41) is 0. The standard InChI is InChI=1S/C13H26O4/c1-5-9-12(15-7-3)13(16-8-4)17-11-14-10-6-2/h5-11H2,1-4H3. The summed E-state index contributed by atoms with van der Waals surface area (Å²) in [6.45, 7) is 10.1. The maximum atomic E-state index is 5.53. The van der Waals surface area contributed by atoms with Gasteiger partial charge in [-0.2, -0.15) is 0 Å². The zero-order chi connectivity index (χ0) is 12.9. The molecule has 4 heteroatoms. The third-order valence-electron chi connectivity index (χ3n) is 1.92. The highest BCUT2D eigenvalue weighted by atomic mass is 16.7. The van der Waals surface area contributed by atoms with E-state index in [2.05, 4.69) is 13.8 Å². The van der Waals surface area contributed by atoms with Crippen LogP contribution in [0.3, 0.4) is 0 Å². The minimum Gasteiger partial charge on any atom is -0.491 e. The highest BCUT2D eigenvalue weighted by Crippen LogP contribution is 2.15. The molecule has 0 spiro atoms. The van der Waals surface area contributed by atoms with Crippen molar-refractivity contribution in [3.63, 3.8) is 0 Å². The Labute approximate surface area is 105 Å². The van der Waals surface area contributed by atoms with Crippen LogP contribution in [0.4, 0.5) is 0 Å². The average molecular weight is 246 g/mol. The number of hydrogen-bond donors (Lipinski definition) is 0. The average Bonchev–Trinajstić information content (AvgIpc) is 2.33. The molecule has 0 aliphatic heterocycles. The van der Waals surface area contributed by atoms with Crippen molar-refractivity contribution in [2.24, 2.45) is 0 Å². The van der Waals surface area contributed by atoms with Crippen LogP contribution in [0.5, 0.6) is 0 Å². The number of ether oxygens (including phenoxy) is 4. The molecule has 0 heterocycles. The van der Waals surface area contributed by atoms with Crippen molar-refractivity contribution in [1.82, 2.24) is 0 Å². The zero-order valence-electron chi connectivity index (χ0n) is 11.6. The zero-order valence-corrected chi connectivity index (χ0v) is 11.6. The van der Waals surface area contributed by atoms with E-state index in [9.17, 15) is 0 Å². The molecule has 0 aliphatic rings. The summed E-state index contributed by atoms with van der Waals surface area (Å²) < 4.78 is 21.7. The number of rotatable bonds is 11. The van der Waals surface area contributed by atoms with Crippen LogP contribution in [0, 0.1) is 0 Å². The molecule has 17 heavy (non-hydrogen) atoms. The van der Waals surface area contributed by atoms with Gasteiger partial charge in [0.25, 0.3) is 0 Å². The van der Waals surface area contributed by atoms with Gasteiger partial charge >= 0.3 is 5.95 Å². The SMILES string of the molecule is CCCOCOC(OCC)=C(CCC)OCC. The van der Waals surface area contributed by atoms with E-state index in [0.717, 1.165) is 25.0 Å². The van der Waals surface area contributed by atoms with E-state index >= 15 is 0 Å². The van der Waals surface area contributed by atoms with Gasteiger partial charge in [-0.05, 0) is 26.7 Å². The third kappa shape index (κ3) is 7.91. The molecule has 0 amide bonds. The van der Waals surface area contributed by atoms with Gasteiger partial charge in [-0.3, -0.25) is 0 Å². The normalized spacial score (nSPS) is 12.0. The number of hydrogen-bond acceptors (Lipinski definition) is 4. The Morgan fingerprint density at radius 3 is 2.06 bits per heavy atom. The molecule has 0 saturated heterocycles. The number of allylic oxidation sites excluding steroid dienone is 1. The maximum absolute atomic E-state index is 5.53. The predicted molar refractivity (Wildman–Crippen MR) is 67.4 cm³/mol. The van der Waals surface area contributed by atoms with E-state index in [0.29, 0.717) is 25.8 Å². The van der Waals surface area contributed by atoms with Gasteiger partial charge in [-0.1, -0.05) is 13.8 Å². The second-order valence-corrected chi connectivity index (χ2v) is 3.50. The molecule has 102 valence electrons.